The average Bonchev–Trinajstić information content (AvgIpc) is 2.63. The highest BCUT2D eigenvalue weighted by atomic mass is 16.4. The van der Waals surface area contributed by atoms with Crippen LogP contribution in [0.3, 0.4) is 0 Å². The summed E-state index contributed by atoms with van der Waals surface area (Å²) in [6.07, 6.45) is 2.43. The largest absolute Gasteiger partial charge is 0.480 e. The zero-order chi connectivity index (χ0) is 20.4. The number of carboxylic acid groups (broad SMARTS) is 1. The van der Waals surface area contributed by atoms with Crippen molar-refractivity contribution >= 4 is 17.8 Å². The van der Waals surface area contributed by atoms with Crippen molar-refractivity contribution in [2.75, 3.05) is 0 Å². The highest BCUT2D eigenvalue weighted by Gasteiger charge is 2.30. The van der Waals surface area contributed by atoms with Gasteiger partial charge in [0.1, 0.15) is 12.1 Å². The van der Waals surface area contributed by atoms with E-state index in [1.807, 2.05) is 51.1 Å². The number of aryl methyl sites for hydroxylation is 1. The van der Waals surface area contributed by atoms with E-state index in [1.54, 1.807) is 6.92 Å². The summed E-state index contributed by atoms with van der Waals surface area (Å²) in [6, 6.07) is 8.20. The quantitative estimate of drug-likeness (QED) is 0.553. The molecule has 0 heterocycles. The summed E-state index contributed by atoms with van der Waals surface area (Å²) in [5, 5.41) is 14.7. The molecule has 0 radical (unpaired) electrons. The molecule has 3 atom stereocenters. The van der Waals surface area contributed by atoms with E-state index in [0.29, 0.717) is 19.3 Å². The molecule has 0 aromatic heterocycles. The predicted molar refractivity (Wildman–Crippen MR) is 105 cm³/mol. The summed E-state index contributed by atoms with van der Waals surface area (Å²) in [5.74, 6) is -2.05. The number of amides is 2. The van der Waals surface area contributed by atoms with E-state index >= 15 is 0 Å². The number of carbonyl (C=O) groups excluding carboxylic acids is 2. The second kappa shape index (κ2) is 11.4. The van der Waals surface area contributed by atoms with Crippen molar-refractivity contribution < 1.29 is 19.5 Å². The molecule has 6 nitrogen and oxygen atoms in total. The van der Waals surface area contributed by atoms with E-state index in [0.717, 1.165) is 6.42 Å². The van der Waals surface area contributed by atoms with Gasteiger partial charge in [0.15, 0.2) is 0 Å². The first-order valence-corrected chi connectivity index (χ1v) is 9.62. The van der Waals surface area contributed by atoms with Crippen molar-refractivity contribution in [3.05, 3.63) is 35.9 Å². The van der Waals surface area contributed by atoms with Crippen molar-refractivity contribution in [1.29, 1.82) is 0 Å². The Balaban J connectivity index is 2.59. The molecule has 27 heavy (non-hydrogen) atoms. The Morgan fingerprint density at radius 3 is 2.15 bits per heavy atom. The lowest BCUT2D eigenvalue weighted by Crippen LogP contribution is -2.55. The Morgan fingerprint density at radius 2 is 1.63 bits per heavy atom. The maximum atomic E-state index is 12.6. The van der Waals surface area contributed by atoms with Gasteiger partial charge >= 0.3 is 5.97 Å². The highest BCUT2D eigenvalue weighted by Crippen LogP contribution is 2.11. The molecular weight excluding hydrogens is 344 g/mol. The van der Waals surface area contributed by atoms with E-state index in [2.05, 4.69) is 10.6 Å². The van der Waals surface area contributed by atoms with Gasteiger partial charge in [0.05, 0.1) is 0 Å². The number of nitrogens with one attached hydrogen (secondary N) is 2. The zero-order valence-electron chi connectivity index (χ0n) is 16.7. The lowest BCUT2D eigenvalue weighted by molar-refractivity contribution is -0.144. The number of carboxylic acids is 1. The Labute approximate surface area is 161 Å². The molecule has 0 aliphatic carbocycles. The van der Waals surface area contributed by atoms with Gasteiger partial charge in [-0.2, -0.15) is 0 Å². The molecule has 150 valence electrons. The van der Waals surface area contributed by atoms with E-state index in [9.17, 15) is 19.5 Å². The molecule has 1 aromatic rings. The van der Waals surface area contributed by atoms with Crippen molar-refractivity contribution in [3.63, 3.8) is 0 Å². The Bertz CT molecular complexity index is 616. The SMILES string of the molecule is CC[C@H](C)[C@H](NC(=O)[C@@H](NC(=O)CCCc1ccccc1)C(C)C)C(=O)O. The van der Waals surface area contributed by atoms with E-state index in [1.165, 1.54) is 5.56 Å². The summed E-state index contributed by atoms with van der Waals surface area (Å²) < 4.78 is 0. The molecule has 0 bridgehead atoms. The van der Waals surface area contributed by atoms with Crippen LogP contribution < -0.4 is 10.6 Å². The molecule has 0 fully saturated rings. The maximum Gasteiger partial charge on any atom is 0.326 e. The molecule has 3 N–H and O–H groups in total. The van der Waals surface area contributed by atoms with Crippen LogP contribution in [0.1, 0.15) is 52.5 Å². The summed E-state index contributed by atoms with van der Waals surface area (Å²) >= 11 is 0. The lowest BCUT2D eigenvalue weighted by Gasteiger charge is -2.26. The smallest absolute Gasteiger partial charge is 0.326 e. The summed E-state index contributed by atoms with van der Waals surface area (Å²) in [6.45, 7) is 7.31. The first-order chi connectivity index (χ1) is 12.8. The van der Waals surface area contributed by atoms with Gasteiger partial charge in [-0.25, -0.2) is 4.79 Å². The minimum Gasteiger partial charge on any atom is -0.480 e. The van der Waals surface area contributed by atoms with Crippen LogP contribution in [-0.4, -0.2) is 35.0 Å². The fourth-order valence-corrected chi connectivity index (χ4v) is 2.80. The van der Waals surface area contributed by atoms with Crippen LogP contribution in [0.4, 0.5) is 0 Å². The van der Waals surface area contributed by atoms with Crippen molar-refractivity contribution in [1.82, 2.24) is 10.6 Å². The van der Waals surface area contributed by atoms with Gasteiger partial charge in [0, 0.05) is 6.42 Å². The first kappa shape index (κ1) is 22.7. The van der Waals surface area contributed by atoms with Crippen LogP contribution in [0.2, 0.25) is 0 Å². The fourth-order valence-electron chi connectivity index (χ4n) is 2.80. The molecule has 0 saturated carbocycles. The third-order valence-electron chi connectivity index (χ3n) is 4.75. The van der Waals surface area contributed by atoms with Crippen LogP contribution >= 0.6 is 0 Å². The number of aliphatic carboxylic acids is 1. The van der Waals surface area contributed by atoms with Gasteiger partial charge in [-0.05, 0) is 30.2 Å². The molecule has 1 rings (SSSR count). The number of carbonyl (C=O) groups is 3. The Kier molecular flexibility index (Phi) is 9.54. The van der Waals surface area contributed by atoms with Gasteiger partial charge in [0.2, 0.25) is 11.8 Å². The highest BCUT2D eigenvalue weighted by molar-refractivity contribution is 5.90. The molecule has 0 saturated heterocycles. The van der Waals surface area contributed by atoms with Gasteiger partial charge < -0.3 is 15.7 Å². The second-order valence-electron chi connectivity index (χ2n) is 7.34. The second-order valence-corrected chi connectivity index (χ2v) is 7.34. The number of rotatable bonds is 11. The Hall–Kier alpha value is -2.37. The van der Waals surface area contributed by atoms with Crippen LogP contribution in [0.5, 0.6) is 0 Å². The normalized spacial score (nSPS) is 14.3. The minimum absolute atomic E-state index is 0.144. The summed E-state index contributed by atoms with van der Waals surface area (Å²) in [7, 11) is 0. The van der Waals surface area contributed by atoms with Crippen molar-refractivity contribution in [2.24, 2.45) is 11.8 Å². The number of hydrogen-bond acceptors (Lipinski definition) is 3. The van der Waals surface area contributed by atoms with Gasteiger partial charge in [-0.15, -0.1) is 0 Å². The van der Waals surface area contributed by atoms with Crippen LogP contribution in [-0.2, 0) is 20.8 Å². The topological polar surface area (TPSA) is 95.5 Å². The number of benzene rings is 1. The molecule has 0 unspecified atom stereocenters. The monoisotopic (exact) mass is 376 g/mol. The van der Waals surface area contributed by atoms with E-state index in [4.69, 9.17) is 0 Å². The summed E-state index contributed by atoms with van der Waals surface area (Å²) in [4.78, 5) is 36.2. The maximum absolute atomic E-state index is 12.6. The minimum atomic E-state index is -1.06. The van der Waals surface area contributed by atoms with Crippen LogP contribution in [0.25, 0.3) is 0 Å². The lowest BCUT2D eigenvalue weighted by atomic mass is 9.97. The Morgan fingerprint density at radius 1 is 1.00 bits per heavy atom. The van der Waals surface area contributed by atoms with Gasteiger partial charge in [-0.3, -0.25) is 9.59 Å². The zero-order valence-corrected chi connectivity index (χ0v) is 16.7. The van der Waals surface area contributed by atoms with Crippen molar-refractivity contribution in [2.45, 2.75) is 65.5 Å². The molecule has 0 spiro atoms. The van der Waals surface area contributed by atoms with E-state index in [-0.39, 0.29) is 17.7 Å². The number of hydrogen-bond donors (Lipinski definition) is 3. The first-order valence-electron chi connectivity index (χ1n) is 9.62. The predicted octanol–water partition coefficient (Wildman–Crippen LogP) is 2.77. The van der Waals surface area contributed by atoms with E-state index < -0.39 is 24.0 Å². The van der Waals surface area contributed by atoms with Crippen LogP contribution in [0.15, 0.2) is 30.3 Å². The third kappa shape index (κ3) is 7.81. The molecular formula is C21H32N2O4. The molecule has 2 amide bonds. The third-order valence-corrected chi connectivity index (χ3v) is 4.75. The molecule has 1 aromatic carbocycles. The fraction of sp³-hybridized carbons (Fsp3) is 0.571. The molecule has 0 aliphatic rings. The average molecular weight is 376 g/mol. The van der Waals surface area contributed by atoms with Crippen LogP contribution in [0, 0.1) is 11.8 Å². The standard InChI is InChI=1S/C21H32N2O4/c1-5-15(4)19(21(26)27)23-20(25)18(14(2)3)22-17(24)13-9-12-16-10-7-6-8-11-16/h6-8,10-11,14-15,18-19H,5,9,12-13H2,1-4H3,(H,22,24)(H,23,25)(H,26,27)/t15-,18-,19-/m0/s1. The molecule has 6 heteroatoms. The summed E-state index contributed by atoms with van der Waals surface area (Å²) in [5.41, 5.74) is 1.17. The molecule has 0 aliphatic heterocycles. The van der Waals surface area contributed by atoms with Gasteiger partial charge in [0.25, 0.3) is 0 Å². The van der Waals surface area contributed by atoms with Crippen molar-refractivity contribution in [3.8, 4) is 0 Å². The van der Waals surface area contributed by atoms with Gasteiger partial charge in [-0.1, -0.05) is 64.4 Å².